The fraction of sp³-hybridized carbons (Fsp3) is 0.762. The first-order valence-electron chi connectivity index (χ1n) is 10.7. The minimum absolute atomic E-state index is 0. The van der Waals surface area contributed by atoms with Gasteiger partial charge in [0.05, 0.1) is 25.1 Å². The smallest absolute Gasteiger partial charge is 0.126 e. The Balaban J connectivity index is 0.00000225. The number of aromatic nitrogens is 1. The number of morpholine rings is 1. The highest BCUT2D eigenvalue weighted by Crippen LogP contribution is 2.32. The topological polar surface area (TPSA) is 52.7 Å². The Morgan fingerprint density at radius 1 is 1.18 bits per heavy atom. The number of halogens is 1. The summed E-state index contributed by atoms with van der Waals surface area (Å²) in [4.78, 5) is 9.56. The molecule has 2 N–H and O–H groups in total. The summed E-state index contributed by atoms with van der Waals surface area (Å²) < 4.78 is 5.68. The van der Waals surface area contributed by atoms with Crippen molar-refractivity contribution in [1.82, 2.24) is 15.2 Å². The maximum absolute atomic E-state index is 5.68. The molecule has 0 radical (unpaired) electrons. The molecule has 1 aromatic heterocycles. The number of nitrogens with one attached hydrogen (secondary N) is 2. The summed E-state index contributed by atoms with van der Waals surface area (Å²) in [6, 6.07) is 6.09. The van der Waals surface area contributed by atoms with E-state index < -0.39 is 0 Å². The van der Waals surface area contributed by atoms with E-state index in [1.165, 1.54) is 37.8 Å². The molecule has 0 spiro atoms. The zero-order valence-corrected chi connectivity index (χ0v) is 18.1. The van der Waals surface area contributed by atoms with E-state index in [9.17, 15) is 0 Å². The quantitative estimate of drug-likeness (QED) is 0.779. The molecule has 3 aliphatic rings. The molecule has 0 amide bonds. The minimum Gasteiger partial charge on any atom is -0.379 e. The normalized spacial score (nSPS) is 29.0. The number of hydrogen-bond acceptors (Lipinski definition) is 6. The Labute approximate surface area is 175 Å². The highest BCUT2D eigenvalue weighted by molar-refractivity contribution is 5.85. The van der Waals surface area contributed by atoms with Crippen molar-refractivity contribution in [3.63, 3.8) is 0 Å². The van der Waals surface area contributed by atoms with Crippen LogP contribution in [0, 0.1) is 5.92 Å². The minimum atomic E-state index is 0. The fourth-order valence-electron chi connectivity index (χ4n) is 5.00. The highest BCUT2D eigenvalue weighted by atomic mass is 35.5. The molecule has 0 aromatic carbocycles. The molecule has 0 bridgehead atoms. The molecule has 1 saturated carbocycles. The Morgan fingerprint density at radius 2 is 2.00 bits per heavy atom. The number of rotatable bonds is 5. The van der Waals surface area contributed by atoms with Crippen LogP contribution >= 0.6 is 12.4 Å². The maximum Gasteiger partial charge on any atom is 0.126 e. The second-order valence-corrected chi connectivity index (χ2v) is 8.56. The van der Waals surface area contributed by atoms with Gasteiger partial charge < -0.3 is 25.2 Å². The predicted octanol–water partition coefficient (Wildman–Crippen LogP) is 2.60. The van der Waals surface area contributed by atoms with Gasteiger partial charge >= 0.3 is 0 Å². The van der Waals surface area contributed by atoms with Crippen LogP contribution in [0.25, 0.3) is 0 Å². The van der Waals surface area contributed by atoms with Gasteiger partial charge in [-0.1, -0.05) is 6.42 Å². The average Bonchev–Trinajstić information content (AvgIpc) is 3.17. The van der Waals surface area contributed by atoms with Crippen LogP contribution in [0.15, 0.2) is 18.3 Å². The molecule has 1 aliphatic carbocycles. The van der Waals surface area contributed by atoms with Gasteiger partial charge in [0.1, 0.15) is 5.82 Å². The number of piperidine rings is 1. The summed E-state index contributed by atoms with van der Waals surface area (Å²) in [7, 11) is 4.38. The zero-order chi connectivity index (χ0) is 18.6. The second kappa shape index (κ2) is 10.1. The molecule has 2 saturated heterocycles. The van der Waals surface area contributed by atoms with E-state index in [1.807, 2.05) is 6.20 Å². The van der Waals surface area contributed by atoms with Gasteiger partial charge in [-0.3, -0.25) is 0 Å². The van der Waals surface area contributed by atoms with Crippen LogP contribution in [0.3, 0.4) is 0 Å². The zero-order valence-electron chi connectivity index (χ0n) is 17.3. The van der Waals surface area contributed by atoms with Crippen molar-refractivity contribution < 1.29 is 4.74 Å². The number of anilines is 2. The van der Waals surface area contributed by atoms with Gasteiger partial charge in [0, 0.05) is 37.8 Å². The lowest BCUT2D eigenvalue weighted by Crippen LogP contribution is -2.49. The van der Waals surface area contributed by atoms with Crippen LogP contribution in [-0.4, -0.2) is 75.0 Å². The van der Waals surface area contributed by atoms with Gasteiger partial charge in [-0.15, -0.1) is 12.4 Å². The Morgan fingerprint density at radius 3 is 2.64 bits per heavy atom. The van der Waals surface area contributed by atoms with Crippen molar-refractivity contribution in [1.29, 1.82) is 0 Å². The monoisotopic (exact) mass is 409 g/mol. The summed E-state index contributed by atoms with van der Waals surface area (Å²) in [5, 5.41) is 7.35. The van der Waals surface area contributed by atoms with Crippen molar-refractivity contribution in [2.45, 2.75) is 50.2 Å². The van der Waals surface area contributed by atoms with E-state index in [2.05, 4.69) is 46.7 Å². The van der Waals surface area contributed by atoms with Gasteiger partial charge in [0.15, 0.2) is 0 Å². The van der Waals surface area contributed by atoms with E-state index in [0.717, 1.165) is 38.7 Å². The first-order valence-corrected chi connectivity index (χ1v) is 10.7. The molecule has 158 valence electrons. The van der Waals surface area contributed by atoms with Gasteiger partial charge in [-0.25, -0.2) is 4.98 Å². The Hall–Kier alpha value is -1.08. The van der Waals surface area contributed by atoms with Crippen LogP contribution in [0.5, 0.6) is 0 Å². The van der Waals surface area contributed by atoms with E-state index in [-0.39, 0.29) is 12.4 Å². The van der Waals surface area contributed by atoms with Crippen molar-refractivity contribution in [2.24, 2.45) is 5.92 Å². The lowest BCUT2D eigenvalue weighted by atomic mass is 9.94. The summed E-state index contributed by atoms with van der Waals surface area (Å²) >= 11 is 0. The number of ether oxygens (including phenoxy) is 1. The van der Waals surface area contributed by atoms with Crippen molar-refractivity contribution in [3.05, 3.63) is 18.3 Å². The van der Waals surface area contributed by atoms with Gasteiger partial charge in [-0.05, 0) is 57.8 Å². The maximum atomic E-state index is 5.68. The lowest BCUT2D eigenvalue weighted by molar-refractivity contribution is 0.0559. The summed E-state index contributed by atoms with van der Waals surface area (Å²) in [5.74, 6) is 1.65. The Bertz CT molecular complexity index is 585. The highest BCUT2D eigenvalue weighted by Gasteiger charge is 2.34. The fourth-order valence-corrected chi connectivity index (χ4v) is 5.00. The third-order valence-corrected chi connectivity index (χ3v) is 6.68. The number of pyridine rings is 1. The molecule has 3 unspecified atom stereocenters. The van der Waals surface area contributed by atoms with Crippen LogP contribution in [0.1, 0.15) is 32.1 Å². The van der Waals surface area contributed by atoms with Crippen molar-refractivity contribution >= 4 is 23.9 Å². The molecule has 3 fully saturated rings. The van der Waals surface area contributed by atoms with Crippen molar-refractivity contribution in [2.75, 3.05) is 57.2 Å². The second-order valence-electron chi connectivity index (χ2n) is 8.56. The molecule has 2 aliphatic heterocycles. The van der Waals surface area contributed by atoms with Gasteiger partial charge in [0.25, 0.3) is 0 Å². The lowest BCUT2D eigenvalue weighted by Gasteiger charge is -2.36. The molecule has 4 rings (SSSR count). The molecule has 3 atom stereocenters. The third-order valence-electron chi connectivity index (χ3n) is 6.68. The molecule has 3 heterocycles. The van der Waals surface area contributed by atoms with Crippen LogP contribution in [-0.2, 0) is 4.74 Å². The third kappa shape index (κ3) is 5.09. The average molecular weight is 410 g/mol. The van der Waals surface area contributed by atoms with Crippen LogP contribution in [0.2, 0.25) is 0 Å². The Kier molecular flexibility index (Phi) is 7.80. The molecular weight excluding hydrogens is 374 g/mol. The summed E-state index contributed by atoms with van der Waals surface area (Å²) in [6.45, 7) is 4.91. The first kappa shape index (κ1) is 21.6. The summed E-state index contributed by atoms with van der Waals surface area (Å²) in [5.41, 5.74) is 1.25. The van der Waals surface area contributed by atoms with E-state index >= 15 is 0 Å². The predicted molar refractivity (Wildman–Crippen MR) is 118 cm³/mol. The van der Waals surface area contributed by atoms with Crippen molar-refractivity contribution in [3.8, 4) is 0 Å². The first-order chi connectivity index (χ1) is 13.2. The van der Waals surface area contributed by atoms with Gasteiger partial charge in [-0.2, -0.15) is 0 Å². The van der Waals surface area contributed by atoms with E-state index in [1.54, 1.807) is 0 Å². The summed E-state index contributed by atoms with van der Waals surface area (Å²) in [6.07, 6.45) is 8.30. The molecule has 6 nitrogen and oxygen atoms in total. The van der Waals surface area contributed by atoms with Gasteiger partial charge in [0.2, 0.25) is 0 Å². The van der Waals surface area contributed by atoms with E-state index in [0.29, 0.717) is 24.0 Å². The number of hydrogen-bond donors (Lipinski definition) is 2. The largest absolute Gasteiger partial charge is 0.379 e. The van der Waals surface area contributed by atoms with E-state index in [4.69, 9.17) is 9.72 Å². The molecule has 7 heteroatoms. The molecular formula is C21H36ClN5O. The standard InChI is InChI=1S/C21H35N5O.ClH/c1-25(2)16-8-11-26(12-9-16)17-6-7-21(23-14-17)24-19-5-3-4-18(19)20-15-27-13-10-22-20;/h6-7,14,16,18-20,22H,3-5,8-13,15H2,1-2H3,(H,23,24);1H. The molecule has 1 aromatic rings. The SMILES string of the molecule is CN(C)C1CCN(c2ccc(NC3CCCC3C3COCCN3)nc2)CC1.Cl. The van der Waals surface area contributed by atoms with Crippen LogP contribution in [0.4, 0.5) is 11.5 Å². The van der Waals surface area contributed by atoms with Crippen LogP contribution < -0.4 is 15.5 Å². The molecule has 28 heavy (non-hydrogen) atoms. The number of nitrogens with zero attached hydrogens (tertiary/aromatic N) is 3.